The van der Waals surface area contributed by atoms with Crippen molar-refractivity contribution in [2.75, 3.05) is 7.11 Å². The van der Waals surface area contributed by atoms with Gasteiger partial charge in [0, 0.05) is 6.08 Å². The van der Waals surface area contributed by atoms with Crippen molar-refractivity contribution < 1.29 is 41.0 Å². The molecule has 1 rings (SSSR count). The molecule has 0 saturated carbocycles. The molecule has 116 valence electrons. The number of carboxylic acids is 1. The minimum Gasteiger partial charge on any atom is -0.495 e. The maximum Gasteiger partial charge on any atom is 0.419 e. The average Bonchev–Trinajstić information content (AvgIpc) is 2.32. The molecule has 0 spiro atoms. The zero-order valence-electron chi connectivity index (χ0n) is 10.3. The number of ether oxygens (including phenoxy) is 1. The molecule has 9 heteroatoms. The summed E-state index contributed by atoms with van der Waals surface area (Å²) >= 11 is 0. The highest BCUT2D eigenvalue weighted by Crippen LogP contribution is 2.44. The van der Waals surface area contributed by atoms with Gasteiger partial charge in [0.05, 0.1) is 18.2 Å². The first-order valence-corrected chi connectivity index (χ1v) is 5.24. The fourth-order valence-electron chi connectivity index (χ4n) is 1.56. The van der Waals surface area contributed by atoms with Crippen LogP contribution in [0.1, 0.15) is 16.7 Å². The Balaban J connectivity index is 3.63. The van der Waals surface area contributed by atoms with Crippen LogP contribution in [0.15, 0.2) is 18.2 Å². The van der Waals surface area contributed by atoms with Crippen LogP contribution in [0.25, 0.3) is 6.08 Å². The smallest absolute Gasteiger partial charge is 0.419 e. The molecule has 21 heavy (non-hydrogen) atoms. The number of alkyl halides is 6. The number of rotatable bonds is 3. The molecule has 0 saturated heterocycles. The third kappa shape index (κ3) is 4.14. The zero-order chi connectivity index (χ0) is 16.4. The van der Waals surface area contributed by atoms with Gasteiger partial charge in [0.15, 0.2) is 0 Å². The van der Waals surface area contributed by atoms with Crippen LogP contribution in [-0.4, -0.2) is 18.2 Å². The first-order valence-electron chi connectivity index (χ1n) is 5.24. The molecule has 0 aliphatic heterocycles. The number of benzene rings is 1. The van der Waals surface area contributed by atoms with E-state index in [1.165, 1.54) is 0 Å². The van der Waals surface area contributed by atoms with Crippen LogP contribution in [0.4, 0.5) is 26.3 Å². The topological polar surface area (TPSA) is 46.5 Å². The Hall–Kier alpha value is -2.19. The molecule has 1 aromatic rings. The van der Waals surface area contributed by atoms with Gasteiger partial charge in [-0.15, -0.1) is 0 Å². The normalized spacial score (nSPS) is 12.7. The summed E-state index contributed by atoms with van der Waals surface area (Å²) in [5.74, 6) is -2.87. The number of hydrogen-bond donors (Lipinski definition) is 1. The molecule has 1 N–H and O–H groups in total. The maximum atomic E-state index is 12.8. The molecule has 0 radical (unpaired) electrons. The zero-order valence-corrected chi connectivity index (χ0v) is 10.3. The summed E-state index contributed by atoms with van der Waals surface area (Å²) < 4.78 is 81.0. The van der Waals surface area contributed by atoms with E-state index in [0.29, 0.717) is 31.4 Å². The summed E-state index contributed by atoms with van der Waals surface area (Å²) in [4.78, 5) is 10.3. The van der Waals surface area contributed by atoms with Gasteiger partial charge in [-0.25, -0.2) is 4.79 Å². The molecule has 0 atom stereocenters. The highest BCUT2D eigenvalue weighted by molar-refractivity contribution is 5.85. The summed E-state index contributed by atoms with van der Waals surface area (Å²) in [5.41, 5.74) is -3.83. The molecule has 0 aromatic heterocycles. The lowest BCUT2D eigenvalue weighted by molar-refractivity contribution is -0.145. The maximum absolute atomic E-state index is 12.8. The molecule has 0 fully saturated rings. The van der Waals surface area contributed by atoms with E-state index in [1.54, 1.807) is 0 Å². The number of halogens is 6. The molecular formula is C12H8F6O3. The highest BCUT2D eigenvalue weighted by atomic mass is 19.4. The van der Waals surface area contributed by atoms with Gasteiger partial charge in [-0.2, -0.15) is 26.3 Å². The van der Waals surface area contributed by atoms with Gasteiger partial charge in [-0.3, -0.25) is 0 Å². The van der Waals surface area contributed by atoms with Crippen molar-refractivity contribution in [1.29, 1.82) is 0 Å². The Bertz CT molecular complexity index is 536. The monoisotopic (exact) mass is 314 g/mol. The van der Waals surface area contributed by atoms with E-state index in [2.05, 4.69) is 4.74 Å². The molecular weight excluding hydrogens is 306 g/mol. The van der Waals surface area contributed by atoms with Gasteiger partial charge in [0.2, 0.25) is 0 Å². The fraction of sp³-hybridized carbons (Fsp3) is 0.250. The minimum absolute atomic E-state index is 0.382. The van der Waals surface area contributed by atoms with E-state index in [1.807, 2.05) is 0 Å². The van der Waals surface area contributed by atoms with E-state index in [0.717, 1.165) is 0 Å². The third-order valence-electron chi connectivity index (χ3n) is 2.34. The van der Waals surface area contributed by atoms with Gasteiger partial charge in [-0.1, -0.05) is 0 Å². The SMILES string of the molecule is COc1c(C(F)(F)F)cc(/C=C\C(=O)O)cc1C(F)(F)F. The van der Waals surface area contributed by atoms with Crippen molar-refractivity contribution >= 4 is 12.0 Å². The van der Waals surface area contributed by atoms with Crippen LogP contribution in [-0.2, 0) is 17.1 Å². The first kappa shape index (κ1) is 16.9. The Kier molecular flexibility index (Phi) is 4.55. The van der Waals surface area contributed by atoms with Crippen molar-refractivity contribution in [3.05, 3.63) is 34.9 Å². The quantitative estimate of drug-likeness (QED) is 0.681. The van der Waals surface area contributed by atoms with Crippen molar-refractivity contribution in [1.82, 2.24) is 0 Å². The Labute approximate surface area is 114 Å². The summed E-state index contributed by atoms with van der Waals surface area (Å²) in [6.07, 6.45) is -9.11. The molecule has 0 heterocycles. The Morgan fingerprint density at radius 2 is 1.52 bits per heavy atom. The van der Waals surface area contributed by atoms with Crippen LogP contribution < -0.4 is 4.74 Å². The van der Waals surface area contributed by atoms with Gasteiger partial charge >= 0.3 is 18.3 Å². The van der Waals surface area contributed by atoms with Crippen molar-refractivity contribution in [2.45, 2.75) is 12.4 Å². The molecule has 0 aliphatic carbocycles. The van der Waals surface area contributed by atoms with Crippen molar-refractivity contribution in [3.8, 4) is 5.75 Å². The number of hydrogen-bond acceptors (Lipinski definition) is 2. The number of carbonyl (C=O) groups is 1. The molecule has 3 nitrogen and oxygen atoms in total. The second-order valence-electron chi connectivity index (χ2n) is 3.82. The third-order valence-corrected chi connectivity index (χ3v) is 2.34. The van der Waals surface area contributed by atoms with E-state index < -0.39 is 40.8 Å². The molecule has 0 aliphatic rings. The van der Waals surface area contributed by atoms with Crippen LogP contribution in [0.3, 0.4) is 0 Å². The largest absolute Gasteiger partial charge is 0.495 e. The second kappa shape index (κ2) is 5.66. The lowest BCUT2D eigenvalue weighted by Crippen LogP contribution is -2.14. The predicted octanol–water partition coefficient (Wildman–Crippen LogP) is 3.83. The van der Waals surface area contributed by atoms with Crippen molar-refractivity contribution in [3.63, 3.8) is 0 Å². The summed E-state index contributed by atoms with van der Waals surface area (Å²) in [6, 6.07) is 0.765. The van der Waals surface area contributed by atoms with Crippen LogP contribution in [0, 0.1) is 0 Å². The van der Waals surface area contributed by atoms with Gasteiger partial charge in [0.1, 0.15) is 5.75 Å². The number of aliphatic carboxylic acids is 1. The molecule has 1 aromatic carbocycles. The summed E-state index contributed by atoms with van der Waals surface area (Å²) in [7, 11) is 0.687. The van der Waals surface area contributed by atoms with Gasteiger partial charge < -0.3 is 9.84 Å². The second-order valence-corrected chi connectivity index (χ2v) is 3.82. The molecule has 0 unspecified atom stereocenters. The molecule has 0 amide bonds. The first-order chi connectivity index (χ1) is 9.46. The van der Waals surface area contributed by atoms with E-state index in [9.17, 15) is 31.1 Å². The molecule has 0 bridgehead atoms. The van der Waals surface area contributed by atoms with Crippen LogP contribution >= 0.6 is 0 Å². The minimum atomic E-state index is -5.08. The predicted molar refractivity (Wildman–Crippen MR) is 59.7 cm³/mol. The number of methoxy groups -OCH3 is 1. The van der Waals surface area contributed by atoms with Gasteiger partial charge in [0.25, 0.3) is 0 Å². The lowest BCUT2D eigenvalue weighted by atomic mass is 10.0. The van der Waals surface area contributed by atoms with Crippen LogP contribution in [0.5, 0.6) is 5.75 Å². The Morgan fingerprint density at radius 1 is 1.10 bits per heavy atom. The fourth-order valence-corrected chi connectivity index (χ4v) is 1.56. The summed E-state index contributed by atoms with van der Waals surface area (Å²) in [5, 5.41) is 8.38. The van der Waals surface area contributed by atoms with Gasteiger partial charge in [-0.05, 0) is 23.8 Å². The van der Waals surface area contributed by atoms with E-state index >= 15 is 0 Å². The Morgan fingerprint density at radius 3 is 1.81 bits per heavy atom. The van der Waals surface area contributed by atoms with Crippen molar-refractivity contribution in [2.24, 2.45) is 0 Å². The van der Waals surface area contributed by atoms with E-state index in [4.69, 9.17) is 5.11 Å². The highest BCUT2D eigenvalue weighted by Gasteiger charge is 2.42. The average molecular weight is 314 g/mol. The lowest BCUT2D eigenvalue weighted by Gasteiger charge is -2.18. The van der Waals surface area contributed by atoms with E-state index in [-0.39, 0.29) is 0 Å². The van der Waals surface area contributed by atoms with Crippen LogP contribution in [0.2, 0.25) is 0 Å². The summed E-state index contributed by atoms with van der Waals surface area (Å²) in [6.45, 7) is 0. The standard InChI is InChI=1S/C12H8F6O3/c1-21-10-7(11(13,14)15)4-6(2-3-9(19)20)5-8(10)12(16,17)18/h2-5H,1H3,(H,19,20)/b3-2-. The number of carboxylic acid groups (broad SMARTS) is 1.